The molecule has 90 valence electrons. The Bertz CT molecular complexity index is 519. The van der Waals surface area contributed by atoms with Gasteiger partial charge in [0, 0.05) is 11.6 Å². The minimum atomic E-state index is -4.39. The third-order valence-electron chi connectivity index (χ3n) is 2.46. The van der Waals surface area contributed by atoms with Gasteiger partial charge in [-0.05, 0) is 17.7 Å². The SMILES string of the molecule is OC(CC(F)(F)F)c1cccc2ncccc12. The molecule has 0 aliphatic carbocycles. The number of aliphatic hydroxyl groups excluding tert-OH is 1. The number of hydrogen-bond acceptors (Lipinski definition) is 2. The summed E-state index contributed by atoms with van der Waals surface area (Å²) in [6.45, 7) is 0. The van der Waals surface area contributed by atoms with E-state index in [1.54, 1.807) is 30.5 Å². The van der Waals surface area contributed by atoms with Crippen LogP contribution in [0, 0.1) is 0 Å². The molecule has 1 unspecified atom stereocenters. The fraction of sp³-hybridized carbons (Fsp3) is 0.250. The van der Waals surface area contributed by atoms with Gasteiger partial charge in [-0.2, -0.15) is 13.2 Å². The van der Waals surface area contributed by atoms with Crippen LogP contribution in [0.3, 0.4) is 0 Å². The van der Waals surface area contributed by atoms with Crippen molar-refractivity contribution >= 4 is 10.9 Å². The first-order valence-electron chi connectivity index (χ1n) is 5.06. The minimum absolute atomic E-state index is 0.257. The van der Waals surface area contributed by atoms with Crippen LogP contribution in [-0.2, 0) is 0 Å². The van der Waals surface area contributed by atoms with Crippen LogP contribution >= 0.6 is 0 Å². The second-order valence-electron chi connectivity index (χ2n) is 3.75. The monoisotopic (exact) mass is 241 g/mol. The van der Waals surface area contributed by atoms with Crippen LogP contribution in [0.15, 0.2) is 36.5 Å². The maximum atomic E-state index is 12.2. The van der Waals surface area contributed by atoms with Crippen LogP contribution < -0.4 is 0 Å². The molecule has 0 bridgehead atoms. The zero-order chi connectivity index (χ0) is 12.5. The largest absolute Gasteiger partial charge is 0.391 e. The predicted molar refractivity (Wildman–Crippen MR) is 57.4 cm³/mol. The fourth-order valence-electron chi connectivity index (χ4n) is 1.75. The molecule has 0 aliphatic rings. The number of aromatic nitrogens is 1. The number of aliphatic hydroxyl groups is 1. The zero-order valence-corrected chi connectivity index (χ0v) is 8.78. The Labute approximate surface area is 95.7 Å². The molecule has 17 heavy (non-hydrogen) atoms. The molecule has 0 aliphatic heterocycles. The molecule has 0 amide bonds. The van der Waals surface area contributed by atoms with E-state index in [-0.39, 0.29) is 5.56 Å². The van der Waals surface area contributed by atoms with Crippen molar-refractivity contribution in [2.45, 2.75) is 18.7 Å². The fourth-order valence-corrected chi connectivity index (χ4v) is 1.75. The Hall–Kier alpha value is -1.62. The van der Waals surface area contributed by atoms with E-state index in [0.717, 1.165) is 0 Å². The van der Waals surface area contributed by atoms with Gasteiger partial charge in [0.25, 0.3) is 0 Å². The second-order valence-corrected chi connectivity index (χ2v) is 3.75. The summed E-state index contributed by atoms with van der Waals surface area (Å²) in [5, 5.41) is 10.2. The Morgan fingerprint density at radius 3 is 2.65 bits per heavy atom. The summed E-state index contributed by atoms with van der Waals surface area (Å²) in [6, 6.07) is 8.05. The van der Waals surface area contributed by atoms with E-state index in [1.165, 1.54) is 6.07 Å². The first kappa shape index (κ1) is 11.9. The highest BCUT2D eigenvalue weighted by Crippen LogP contribution is 2.32. The summed E-state index contributed by atoms with van der Waals surface area (Å²) in [7, 11) is 0. The van der Waals surface area contributed by atoms with E-state index in [2.05, 4.69) is 4.98 Å². The summed E-state index contributed by atoms with van der Waals surface area (Å²) in [6.07, 6.45) is -5.63. The summed E-state index contributed by atoms with van der Waals surface area (Å²) in [5.74, 6) is 0. The molecule has 1 N–H and O–H groups in total. The molecule has 2 nitrogen and oxygen atoms in total. The molecular formula is C12H10F3NO. The van der Waals surface area contributed by atoms with Crippen LogP contribution in [0.25, 0.3) is 10.9 Å². The molecule has 1 aromatic carbocycles. The molecule has 2 rings (SSSR count). The number of fused-ring (bicyclic) bond motifs is 1. The van der Waals surface area contributed by atoms with Gasteiger partial charge in [-0.3, -0.25) is 4.98 Å². The number of benzene rings is 1. The molecule has 0 fully saturated rings. The first-order chi connectivity index (χ1) is 7.97. The summed E-state index contributed by atoms with van der Waals surface area (Å²) in [4.78, 5) is 4.03. The lowest BCUT2D eigenvalue weighted by molar-refractivity contribution is -0.154. The van der Waals surface area contributed by atoms with E-state index in [4.69, 9.17) is 0 Å². The summed E-state index contributed by atoms with van der Waals surface area (Å²) < 4.78 is 36.6. The van der Waals surface area contributed by atoms with Crippen LogP contribution in [0.4, 0.5) is 13.2 Å². The lowest BCUT2D eigenvalue weighted by Gasteiger charge is -2.15. The highest BCUT2D eigenvalue weighted by atomic mass is 19.4. The topological polar surface area (TPSA) is 33.1 Å². The van der Waals surface area contributed by atoms with Gasteiger partial charge in [0.1, 0.15) is 0 Å². The van der Waals surface area contributed by atoms with Crippen molar-refractivity contribution in [1.82, 2.24) is 4.98 Å². The molecule has 0 radical (unpaired) electrons. The predicted octanol–water partition coefficient (Wildman–Crippen LogP) is 3.22. The van der Waals surface area contributed by atoms with Gasteiger partial charge in [0.2, 0.25) is 0 Å². The molecule has 1 atom stereocenters. The average molecular weight is 241 g/mol. The molecule has 1 aromatic heterocycles. The normalized spacial score (nSPS) is 13.9. The number of pyridine rings is 1. The van der Waals surface area contributed by atoms with Gasteiger partial charge in [0.15, 0.2) is 0 Å². The molecule has 0 saturated heterocycles. The lowest BCUT2D eigenvalue weighted by Crippen LogP contribution is -2.13. The quantitative estimate of drug-likeness (QED) is 0.875. The summed E-state index contributed by atoms with van der Waals surface area (Å²) >= 11 is 0. The standard InChI is InChI=1S/C12H10F3NO/c13-12(14,15)7-11(17)9-3-1-5-10-8(9)4-2-6-16-10/h1-6,11,17H,7H2. The number of alkyl halides is 3. The van der Waals surface area contributed by atoms with E-state index < -0.39 is 18.7 Å². The summed E-state index contributed by atoms with van der Waals surface area (Å²) in [5.41, 5.74) is 0.833. The van der Waals surface area contributed by atoms with Gasteiger partial charge < -0.3 is 5.11 Å². The number of halogens is 3. The van der Waals surface area contributed by atoms with Crippen molar-refractivity contribution in [3.05, 3.63) is 42.1 Å². The van der Waals surface area contributed by atoms with Gasteiger partial charge in [-0.25, -0.2) is 0 Å². The van der Waals surface area contributed by atoms with E-state index in [1.807, 2.05) is 0 Å². The number of nitrogens with zero attached hydrogens (tertiary/aromatic N) is 1. The smallest absolute Gasteiger partial charge is 0.388 e. The molecule has 2 aromatic rings. The van der Waals surface area contributed by atoms with Gasteiger partial charge in [0.05, 0.1) is 18.0 Å². The van der Waals surface area contributed by atoms with Crippen molar-refractivity contribution in [3.63, 3.8) is 0 Å². The molecule has 0 saturated carbocycles. The average Bonchev–Trinajstić information content (AvgIpc) is 2.26. The van der Waals surface area contributed by atoms with Crippen LogP contribution in [-0.4, -0.2) is 16.3 Å². The van der Waals surface area contributed by atoms with Crippen molar-refractivity contribution in [2.24, 2.45) is 0 Å². The van der Waals surface area contributed by atoms with Crippen LogP contribution in [0.2, 0.25) is 0 Å². The van der Waals surface area contributed by atoms with E-state index in [0.29, 0.717) is 10.9 Å². The molecular weight excluding hydrogens is 231 g/mol. The van der Waals surface area contributed by atoms with Crippen LogP contribution in [0.1, 0.15) is 18.1 Å². The first-order valence-corrected chi connectivity index (χ1v) is 5.06. The lowest BCUT2D eigenvalue weighted by atomic mass is 10.0. The zero-order valence-electron chi connectivity index (χ0n) is 8.78. The third-order valence-corrected chi connectivity index (χ3v) is 2.46. The van der Waals surface area contributed by atoms with Crippen molar-refractivity contribution in [1.29, 1.82) is 0 Å². The third kappa shape index (κ3) is 2.74. The van der Waals surface area contributed by atoms with Crippen molar-refractivity contribution in [2.75, 3.05) is 0 Å². The molecule has 0 spiro atoms. The van der Waals surface area contributed by atoms with Crippen LogP contribution in [0.5, 0.6) is 0 Å². The Kier molecular flexibility index (Phi) is 3.02. The Balaban J connectivity index is 2.41. The Morgan fingerprint density at radius 2 is 1.94 bits per heavy atom. The second kappa shape index (κ2) is 4.33. The number of hydrogen-bond donors (Lipinski definition) is 1. The van der Waals surface area contributed by atoms with Gasteiger partial charge >= 0.3 is 6.18 Å². The van der Waals surface area contributed by atoms with E-state index in [9.17, 15) is 18.3 Å². The molecule has 5 heteroatoms. The number of rotatable bonds is 2. The van der Waals surface area contributed by atoms with Gasteiger partial charge in [-0.15, -0.1) is 0 Å². The maximum absolute atomic E-state index is 12.2. The van der Waals surface area contributed by atoms with E-state index >= 15 is 0 Å². The van der Waals surface area contributed by atoms with Gasteiger partial charge in [-0.1, -0.05) is 18.2 Å². The molecule has 1 heterocycles. The minimum Gasteiger partial charge on any atom is -0.388 e. The Morgan fingerprint density at radius 1 is 1.18 bits per heavy atom. The van der Waals surface area contributed by atoms with Crippen molar-refractivity contribution in [3.8, 4) is 0 Å². The highest BCUT2D eigenvalue weighted by molar-refractivity contribution is 5.82. The van der Waals surface area contributed by atoms with Crippen molar-refractivity contribution < 1.29 is 18.3 Å². The maximum Gasteiger partial charge on any atom is 0.391 e. The highest BCUT2D eigenvalue weighted by Gasteiger charge is 2.32.